The first-order valence-corrected chi connectivity index (χ1v) is 14.2. The van der Waals surface area contributed by atoms with Crippen LogP contribution in [-0.4, -0.2) is 16.4 Å². The molecule has 2 aromatic rings. The number of amidine groups is 1. The van der Waals surface area contributed by atoms with Crippen LogP contribution in [0.3, 0.4) is 0 Å². The van der Waals surface area contributed by atoms with Crippen LogP contribution in [0, 0.1) is 5.92 Å². The Kier molecular flexibility index (Phi) is 7.00. The molecule has 6 rings (SSSR count). The van der Waals surface area contributed by atoms with Gasteiger partial charge >= 0.3 is 0 Å². The second-order valence-corrected chi connectivity index (χ2v) is 10.5. The zero-order chi connectivity index (χ0) is 25.9. The van der Waals surface area contributed by atoms with Crippen molar-refractivity contribution in [3.05, 3.63) is 120 Å². The summed E-state index contributed by atoms with van der Waals surface area (Å²) >= 11 is 0. The molecule has 2 unspecified atom stereocenters. The average Bonchev–Trinajstić information content (AvgIpc) is 3.31. The van der Waals surface area contributed by atoms with Crippen LogP contribution in [0.1, 0.15) is 56.7 Å². The van der Waals surface area contributed by atoms with Crippen molar-refractivity contribution in [1.82, 2.24) is 9.88 Å². The Hall–Kier alpha value is -3.85. The van der Waals surface area contributed by atoms with Gasteiger partial charge in [0, 0.05) is 28.4 Å². The number of rotatable bonds is 7. The van der Waals surface area contributed by atoms with Crippen LogP contribution in [0.4, 0.5) is 0 Å². The maximum absolute atomic E-state index is 5.26. The third kappa shape index (κ3) is 4.62. The van der Waals surface area contributed by atoms with Gasteiger partial charge in [0.15, 0.2) is 0 Å². The molecule has 1 N–H and O–H groups in total. The Morgan fingerprint density at radius 3 is 2.76 bits per heavy atom. The largest absolute Gasteiger partial charge is 0.340 e. The first-order valence-electron chi connectivity index (χ1n) is 14.2. The summed E-state index contributed by atoms with van der Waals surface area (Å²) in [5.74, 6) is 1.36. The highest BCUT2D eigenvalue weighted by atomic mass is 15.1. The molecule has 0 amide bonds. The van der Waals surface area contributed by atoms with E-state index in [9.17, 15) is 0 Å². The van der Waals surface area contributed by atoms with Gasteiger partial charge in [-0.25, -0.2) is 0 Å². The summed E-state index contributed by atoms with van der Waals surface area (Å²) in [4.78, 5) is 5.26. The van der Waals surface area contributed by atoms with Crippen LogP contribution in [0.25, 0.3) is 22.7 Å². The lowest BCUT2D eigenvalue weighted by atomic mass is 9.88. The number of nitrogens with one attached hydrogen (secondary N) is 1. The first kappa shape index (κ1) is 24.5. The number of aromatic nitrogens is 1. The van der Waals surface area contributed by atoms with Crippen LogP contribution < -0.4 is 5.32 Å². The van der Waals surface area contributed by atoms with E-state index in [1.54, 1.807) is 0 Å². The number of aliphatic imine (C=N–C) groups is 1. The van der Waals surface area contributed by atoms with Crippen molar-refractivity contribution in [2.24, 2.45) is 10.9 Å². The van der Waals surface area contributed by atoms with Crippen molar-refractivity contribution in [3.63, 3.8) is 0 Å². The molecule has 0 spiro atoms. The number of hydrogen-bond acceptors (Lipinski definition) is 2. The topological polar surface area (TPSA) is 29.3 Å². The minimum atomic E-state index is 0.106. The van der Waals surface area contributed by atoms with Crippen molar-refractivity contribution in [2.45, 2.75) is 57.9 Å². The molecular weight excluding hydrogens is 462 g/mol. The summed E-state index contributed by atoms with van der Waals surface area (Å²) in [5.41, 5.74) is 8.90. The molecule has 4 aliphatic rings. The van der Waals surface area contributed by atoms with E-state index in [1.165, 1.54) is 44.7 Å². The van der Waals surface area contributed by atoms with Crippen molar-refractivity contribution in [3.8, 4) is 0 Å². The molecule has 2 atom stereocenters. The molecular formula is C35H37N3. The van der Waals surface area contributed by atoms with E-state index in [-0.39, 0.29) is 6.04 Å². The lowest BCUT2D eigenvalue weighted by Crippen LogP contribution is -2.34. The quantitative estimate of drug-likeness (QED) is 0.407. The van der Waals surface area contributed by atoms with Gasteiger partial charge in [-0.3, -0.25) is 4.99 Å². The molecule has 3 nitrogen and oxygen atoms in total. The fourth-order valence-corrected chi connectivity index (χ4v) is 6.10. The number of benzene rings is 1. The standard InChI is InChI=1S/C35H37N3/c1-3-13-29-30-18-11-12-19-34(30)38(33(29)4-2)28-22-20-26(21-23-28)32-24-31(25-14-7-5-8-15-25)36-35(37-32)27-16-9-6-10-17-27/h4,6-7,9,11-12,14-16,18-20,22-24,26,32H,2-3,5,8,10,13,17,21H2,1H3,(H,36,37). The SMILES string of the molecule is C=Cc1c(CCC)c2ccccc2n1C1=CCC(C2C=C(C3=CCCC=C3)NC(C3=CC=CCC3)=N2)C=C1. The fraction of sp³-hybridized carbons (Fsp3) is 0.286. The molecule has 1 aromatic carbocycles. The van der Waals surface area contributed by atoms with Gasteiger partial charge in [-0.05, 0) is 79.5 Å². The van der Waals surface area contributed by atoms with Crippen LogP contribution in [0.2, 0.25) is 0 Å². The van der Waals surface area contributed by atoms with Crippen molar-refractivity contribution < 1.29 is 0 Å². The lowest BCUT2D eigenvalue weighted by Gasteiger charge is -2.29. The zero-order valence-electron chi connectivity index (χ0n) is 22.4. The van der Waals surface area contributed by atoms with Gasteiger partial charge in [0.1, 0.15) is 5.84 Å². The lowest BCUT2D eigenvalue weighted by molar-refractivity contribution is 0.570. The number of fused-ring (bicyclic) bond motifs is 1. The maximum Gasteiger partial charge on any atom is 0.129 e. The van der Waals surface area contributed by atoms with Gasteiger partial charge in [-0.2, -0.15) is 0 Å². The molecule has 1 aromatic heterocycles. The summed E-state index contributed by atoms with van der Waals surface area (Å²) in [7, 11) is 0. The molecule has 0 bridgehead atoms. The molecule has 192 valence electrons. The number of allylic oxidation sites excluding steroid dienone is 9. The summed E-state index contributed by atoms with van der Waals surface area (Å²) in [6, 6.07) is 8.87. The highest BCUT2D eigenvalue weighted by molar-refractivity contribution is 6.01. The van der Waals surface area contributed by atoms with Crippen molar-refractivity contribution in [2.75, 3.05) is 0 Å². The van der Waals surface area contributed by atoms with Crippen LogP contribution in [-0.2, 0) is 6.42 Å². The van der Waals surface area contributed by atoms with Crippen molar-refractivity contribution in [1.29, 1.82) is 0 Å². The summed E-state index contributed by atoms with van der Waals surface area (Å²) in [6.45, 7) is 6.44. The van der Waals surface area contributed by atoms with Gasteiger partial charge in [0.05, 0.1) is 11.6 Å². The van der Waals surface area contributed by atoms with Gasteiger partial charge < -0.3 is 9.88 Å². The molecule has 0 saturated heterocycles. The monoisotopic (exact) mass is 499 g/mol. The molecule has 38 heavy (non-hydrogen) atoms. The molecule has 1 aliphatic heterocycles. The normalized spacial score (nSPS) is 22.8. The number of aryl methyl sites for hydroxylation is 1. The number of para-hydroxylation sites is 1. The van der Waals surface area contributed by atoms with E-state index in [1.807, 2.05) is 6.08 Å². The second kappa shape index (κ2) is 10.9. The van der Waals surface area contributed by atoms with Crippen LogP contribution in [0.15, 0.2) is 113 Å². The summed E-state index contributed by atoms with van der Waals surface area (Å²) in [6.07, 6.45) is 32.4. The van der Waals surface area contributed by atoms with E-state index in [0.717, 1.165) is 50.8 Å². The van der Waals surface area contributed by atoms with E-state index >= 15 is 0 Å². The Bertz CT molecular complexity index is 1490. The molecule has 0 saturated carbocycles. The minimum absolute atomic E-state index is 0.106. The highest BCUT2D eigenvalue weighted by Crippen LogP contribution is 2.35. The maximum atomic E-state index is 5.26. The highest BCUT2D eigenvalue weighted by Gasteiger charge is 2.26. The Morgan fingerprint density at radius 2 is 2.03 bits per heavy atom. The van der Waals surface area contributed by atoms with E-state index in [4.69, 9.17) is 4.99 Å². The summed E-state index contributed by atoms with van der Waals surface area (Å²) in [5, 5.41) is 5.02. The Morgan fingerprint density at radius 1 is 1.11 bits per heavy atom. The first-order chi connectivity index (χ1) is 18.8. The third-order valence-electron chi connectivity index (χ3n) is 8.02. The smallest absolute Gasteiger partial charge is 0.129 e. The van der Waals surface area contributed by atoms with E-state index in [2.05, 4.69) is 108 Å². The van der Waals surface area contributed by atoms with Crippen molar-refractivity contribution >= 4 is 28.5 Å². The zero-order valence-corrected chi connectivity index (χ0v) is 22.4. The Balaban J connectivity index is 1.33. The van der Waals surface area contributed by atoms with Gasteiger partial charge in [-0.15, -0.1) is 0 Å². The minimum Gasteiger partial charge on any atom is -0.340 e. The average molecular weight is 500 g/mol. The predicted octanol–water partition coefficient (Wildman–Crippen LogP) is 8.46. The second-order valence-electron chi connectivity index (χ2n) is 10.5. The van der Waals surface area contributed by atoms with Crippen LogP contribution >= 0.6 is 0 Å². The molecule has 0 radical (unpaired) electrons. The molecule has 3 heteroatoms. The van der Waals surface area contributed by atoms with E-state index < -0.39 is 0 Å². The van der Waals surface area contributed by atoms with Gasteiger partial charge in [0.25, 0.3) is 0 Å². The number of hydrogen-bond donors (Lipinski definition) is 1. The molecule has 0 fully saturated rings. The fourth-order valence-electron chi connectivity index (χ4n) is 6.10. The summed E-state index contributed by atoms with van der Waals surface area (Å²) < 4.78 is 2.40. The van der Waals surface area contributed by atoms with Gasteiger partial charge in [-0.1, -0.05) is 86.7 Å². The van der Waals surface area contributed by atoms with Crippen LogP contribution in [0.5, 0.6) is 0 Å². The van der Waals surface area contributed by atoms with Gasteiger partial charge in [0.2, 0.25) is 0 Å². The molecule has 2 heterocycles. The third-order valence-corrected chi connectivity index (χ3v) is 8.02. The Labute approximate surface area is 226 Å². The van der Waals surface area contributed by atoms with E-state index in [0.29, 0.717) is 5.92 Å². The predicted molar refractivity (Wildman–Crippen MR) is 163 cm³/mol. The molecule has 3 aliphatic carbocycles. The number of nitrogens with zero attached hydrogens (tertiary/aromatic N) is 2.